The SMILES string of the molecule is CCn1ncc(-c2cc(F)ccc2CNC)c1C. The number of aryl methyl sites for hydroxylation is 1. The molecule has 0 bridgehead atoms. The van der Waals surface area contributed by atoms with Crippen molar-refractivity contribution in [3.05, 3.63) is 41.5 Å². The van der Waals surface area contributed by atoms with E-state index in [9.17, 15) is 4.39 Å². The van der Waals surface area contributed by atoms with Crippen LogP contribution in [0.3, 0.4) is 0 Å². The van der Waals surface area contributed by atoms with Crippen molar-refractivity contribution in [1.29, 1.82) is 0 Å². The lowest BCUT2D eigenvalue weighted by atomic mass is 10.00. The number of hydrogen-bond donors (Lipinski definition) is 1. The van der Waals surface area contributed by atoms with Gasteiger partial charge < -0.3 is 5.32 Å². The maximum absolute atomic E-state index is 13.4. The van der Waals surface area contributed by atoms with Crippen molar-refractivity contribution in [2.45, 2.75) is 26.9 Å². The smallest absolute Gasteiger partial charge is 0.123 e. The van der Waals surface area contributed by atoms with Gasteiger partial charge in [-0.05, 0) is 44.2 Å². The van der Waals surface area contributed by atoms with Crippen molar-refractivity contribution < 1.29 is 4.39 Å². The molecule has 0 radical (unpaired) electrons. The number of aromatic nitrogens is 2. The highest BCUT2D eigenvalue weighted by molar-refractivity contribution is 5.69. The molecule has 1 aromatic carbocycles. The summed E-state index contributed by atoms with van der Waals surface area (Å²) in [6.45, 7) is 5.60. The highest BCUT2D eigenvalue weighted by atomic mass is 19.1. The highest BCUT2D eigenvalue weighted by Gasteiger charge is 2.12. The molecule has 1 heterocycles. The Balaban J connectivity index is 2.54. The van der Waals surface area contributed by atoms with Gasteiger partial charge in [-0.2, -0.15) is 5.10 Å². The molecule has 1 aromatic heterocycles. The van der Waals surface area contributed by atoms with Crippen LogP contribution in [0.25, 0.3) is 11.1 Å². The predicted molar refractivity (Wildman–Crippen MR) is 70.8 cm³/mol. The Hall–Kier alpha value is -1.68. The number of rotatable bonds is 4. The number of hydrogen-bond acceptors (Lipinski definition) is 2. The van der Waals surface area contributed by atoms with Gasteiger partial charge in [-0.25, -0.2) is 4.39 Å². The van der Waals surface area contributed by atoms with Crippen LogP contribution in [0.5, 0.6) is 0 Å². The highest BCUT2D eigenvalue weighted by Crippen LogP contribution is 2.27. The summed E-state index contributed by atoms with van der Waals surface area (Å²) in [5.41, 5.74) is 4.07. The summed E-state index contributed by atoms with van der Waals surface area (Å²) in [6, 6.07) is 4.90. The maximum atomic E-state index is 13.4. The first-order valence-electron chi connectivity index (χ1n) is 6.13. The second-order valence-corrected chi connectivity index (χ2v) is 4.29. The molecular weight excluding hydrogens is 229 g/mol. The van der Waals surface area contributed by atoms with Gasteiger partial charge in [-0.1, -0.05) is 6.07 Å². The van der Waals surface area contributed by atoms with Crippen molar-refractivity contribution >= 4 is 0 Å². The Morgan fingerprint density at radius 3 is 2.72 bits per heavy atom. The van der Waals surface area contributed by atoms with Crippen LogP contribution < -0.4 is 5.32 Å². The van der Waals surface area contributed by atoms with Gasteiger partial charge in [0.1, 0.15) is 5.82 Å². The third kappa shape index (κ3) is 2.29. The minimum atomic E-state index is -0.214. The molecule has 96 valence electrons. The second kappa shape index (κ2) is 5.31. The molecule has 0 fully saturated rings. The Bertz CT molecular complexity index is 546. The fourth-order valence-electron chi connectivity index (χ4n) is 2.17. The van der Waals surface area contributed by atoms with E-state index in [0.717, 1.165) is 28.9 Å². The maximum Gasteiger partial charge on any atom is 0.123 e. The summed E-state index contributed by atoms with van der Waals surface area (Å²) in [6.07, 6.45) is 1.81. The minimum absolute atomic E-state index is 0.214. The molecule has 2 aromatic rings. The molecule has 0 atom stereocenters. The molecule has 0 saturated carbocycles. The van der Waals surface area contributed by atoms with Gasteiger partial charge in [0.2, 0.25) is 0 Å². The standard InChI is InChI=1S/C14H18FN3/c1-4-18-10(2)14(9-17-18)13-7-12(15)6-5-11(13)8-16-3/h5-7,9,16H,4,8H2,1-3H3. The van der Waals surface area contributed by atoms with Crippen LogP contribution in [-0.4, -0.2) is 16.8 Å². The molecule has 0 aliphatic rings. The Labute approximate surface area is 107 Å². The normalized spacial score (nSPS) is 10.9. The number of benzene rings is 1. The average Bonchev–Trinajstić information content (AvgIpc) is 2.73. The Morgan fingerprint density at radius 2 is 2.11 bits per heavy atom. The van der Waals surface area contributed by atoms with Gasteiger partial charge in [-0.3, -0.25) is 4.68 Å². The Morgan fingerprint density at radius 1 is 1.33 bits per heavy atom. The van der Waals surface area contributed by atoms with Crippen LogP contribution >= 0.6 is 0 Å². The summed E-state index contributed by atoms with van der Waals surface area (Å²) in [7, 11) is 1.88. The van der Waals surface area contributed by atoms with E-state index in [0.29, 0.717) is 6.54 Å². The first kappa shape index (κ1) is 12.8. The van der Waals surface area contributed by atoms with Crippen molar-refractivity contribution in [3.63, 3.8) is 0 Å². The van der Waals surface area contributed by atoms with Crippen molar-refractivity contribution in [2.24, 2.45) is 0 Å². The number of nitrogens with one attached hydrogen (secondary N) is 1. The summed E-state index contributed by atoms with van der Waals surface area (Å²) in [4.78, 5) is 0. The summed E-state index contributed by atoms with van der Waals surface area (Å²) >= 11 is 0. The van der Waals surface area contributed by atoms with E-state index in [4.69, 9.17) is 0 Å². The molecule has 0 spiro atoms. The van der Waals surface area contributed by atoms with Crippen LogP contribution in [0.4, 0.5) is 4.39 Å². The molecule has 0 aliphatic carbocycles. The zero-order valence-electron chi connectivity index (χ0n) is 11.0. The van der Waals surface area contributed by atoms with Crippen LogP contribution in [0.2, 0.25) is 0 Å². The van der Waals surface area contributed by atoms with E-state index in [1.54, 1.807) is 6.07 Å². The van der Waals surface area contributed by atoms with Crippen molar-refractivity contribution in [3.8, 4) is 11.1 Å². The number of nitrogens with zero attached hydrogens (tertiary/aromatic N) is 2. The second-order valence-electron chi connectivity index (χ2n) is 4.29. The van der Waals surface area contributed by atoms with E-state index in [2.05, 4.69) is 10.4 Å². The third-order valence-electron chi connectivity index (χ3n) is 3.13. The van der Waals surface area contributed by atoms with Gasteiger partial charge in [-0.15, -0.1) is 0 Å². The lowest BCUT2D eigenvalue weighted by Crippen LogP contribution is -2.07. The van der Waals surface area contributed by atoms with Crippen LogP contribution in [0.15, 0.2) is 24.4 Å². The van der Waals surface area contributed by atoms with Gasteiger partial charge in [0.05, 0.1) is 6.20 Å². The Kier molecular flexibility index (Phi) is 3.77. The lowest BCUT2D eigenvalue weighted by Gasteiger charge is -2.09. The third-order valence-corrected chi connectivity index (χ3v) is 3.13. The topological polar surface area (TPSA) is 29.9 Å². The van der Waals surface area contributed by atoms with E-state index in [1.165, 1.54) is 6.07 Å². The van der Waals surface area contributed by atoms with E-state index >= 15 is 0 Å². The number of halogens is 1. The van der Waals surface area contributed by atoms with E-state index < -0.39 is 0 Å². The molecule has 3 nitrogen and oxygen atoms in total. The first-order valence-corrected chi connectivity index (χ1v) is 6.13. The van der Waals surface area contributed by atoms with Gasteiger partial charge in [0.25, 0.3) is 0 Å². The fraction of sp³-hybridized carbons (Fsp3) is 0.357. The minimum Gasteiger partial charge on any atom is -0.316 e. The molecular formula is C14H18FN3. The molecule has 4 heteroatoms. The quantitative estimate of drug-likeness (QED) is 0.900. The van der Waals surface area contributed by atoms with Crippen LogP contribution in [-0.2, 0) is 13.1 Å². The van der Waals surface area contributed by atoms with Gasteiger partial charge >= 0.3 is 0 Å². The van der Waals surface area contributed by atoms with Crippen molar-refractivity contribution in [2.75, 3.05) is 7.05 Å². The summed E-state index contributed by atoms with van der Waals surface area (Å²) in [5.74, 6) is -0.214. The fourth-order valence-corrected chi connectivity index (χ4v) is 2.17. The van der Waals surface area contributed by atoms with E-state index in [-0.39, 0.29) is 5.82 Å². The zero-order chi connectivity index (χ0) is 13.1. The average molecular weight is 247 g/mol. The molecule has 18 heavy (non-hydrogen) atoms. The molecule has 0 saturated heterocycles. The first-order chi connectivity index (χ1) is 8.67. The molecule has 0 unspecified atom stereocenters. The molecule has 2 rings (SSSR count). The molecule has 1 N–H and O–H groups in total. The van der Waals surface area contributed by atoms with Gasteiger partial charge in [0.15, 0.2) is 0 Å². The van der Waals surface area contributed by atoms with Crippen LogP contribution in [0, 0.1) is 12.7 Å². The molecule has 0 amide bonds. The largest absolute Gasteiger partial charge is 0.316 e. The monoisotopic (exact) mass is 247 g/mol. The zero-order valence-corrected chi connectivity index (χ0v) is 11.0. The predicted octanol–water partition coefficient (Wildman–Crippen LogP) is 2.74. The van der Waals surface area contributed by atoms with Gasteiger partial charge in [0, 0.05) is 24.3 Å². The van der Waals surface area contributed by atoms with Crippen LogP contribution in [0.1, 0.15) is 18.2 Å². The van der Waals surface area contributed by atoms with E-state index in [1.807, 2.05) is 37.8 Å². The lowest BCUT2D eigenvalue weighted by molar-refractivity contribution is 0.627. The summed E-state index contributed by atoms with van der Waals surface area (Å²) < 4.78 is 15.4. The van der Waals surface area contributed by atoms with Crippen molar-refractivity contribution in [1.82, 2.24) is 15.1 Å². The summed E-state index contributed by atoms with van der Waals surface area (Å²) in [5, 5.41) is 7.42. The molecule has 0 aliphatic heterocycles.